The minimum Gasteiger partial charge on any atom is -0.324 e. The van der Waals surface area contributed by atoms with Gasteiger partial charge < -0.3 is 4.57 Å². The van der Waals surface area contributed by atoms with Gasteiger partial charge in [0, 0.05) is 19.7 Å². The Bertz CT molecular complexity index is 676. The quantitative estimate of drug-likeness (QED) is 0.638. The largest absolute Gasteiger partial charge is 0.324 e. The summed E-state index contributed by atoms with van der Waals surface area (Å²) in [6.07, 6.45) is 0. The third kappa shape index (κ3) is 1.37. The number of hydrogen-bond donors (Lipinski definition) is 0. The van der Waals surface area contributed by atoms with Crippen LogP contribution in [0.1, 0.15) is 5.69 Å². The number of benzene rings is 1. The van der Waals surface area contributed by atoms with Crippen LogP contribution in [0, 0.1) is 6.92 Å². The van der Waals surface area contributed by atoms with Crippen LogP contribution in [0.4, 0.5) is 0 Å². The number of imidazole rings is 1. The fourth-order valence-electron chi connectivity index (χ4n) is 2.28. The standard InChI is InChI=1S/C13H14N4/c1-9-11-13(17(3)15-9)14-12(16(11)2)10-7-5-4-6-8-10/h4-8H,1-3H3. The van der Waals surface area contributed by atoms with E-state index in [0.29, 0.717) is 0 Å². The Morgan fingerprint density at radius 3 is 2.41 bits per heavy atom. The van der Waals surface area contributed by atoms with Crippen molar-refractivity contribution in [1.29, 1.82) is 0 Å². The molecule has 0 aliphatic rings. The lowest BCUT2D eigenvalue weighted by Crippen LogP contribution is -1.95. The zero-order valence-corrected chi connectivity index (χ0v) is 10.2. The molecule has 0 radical (unpaired) electrons. The van der Waals surface area contributed by atoms with Gasteiger partial charge in [0.15, 0.2) is 5.65 Å². The summed E-state index contributed by atoms with van der Waals surface area (Å²) in [6.45, 7) is 2.01. The number of aromatic nitrogens is 4. The number of aryl methyl sites for hydroxylation is 3. The molecule has 0 bridgehead atoms. The summed E-state index contributed by atoms with van der Waals surface area (Å²) in [5, 5.41) is 4.38. The Hall–Kier alpha value is -2.10. The maximum absolute atomic E-state index is 4.67. The fourth-order valence-corrected chi connectivity index (χ4v) is 2.28. The second-order valence-electron chi connectivity index (χ2n) is 4.24. The topological polar surface area (TPSA) is 35.6 Å². The number of fused-ring (bicyclic) bond motifs is 1. The second kappa shape index (κ2) is 3.45. The fraction of sp³-hybridized carbons (Fsp3) is 0.231. The van der Waals surface area contributed by atoms with Crippen LogP contribution < -0.4 is 0 Å². The first kappa shape index (κ1) is 10.1. The summed E-state index contributed by atoms with van der Waals surface area (Å²) >= 11 is 0. The highest BCUT2D eigenvalue weighted by Crippen LogP contribution is 2.24. The maximum atomic E-state index is 4.67. The van der Waals surface area contributed by atoms with Gasteiger partial charge in [0.25, 0.3) is 0 Å². The Labute approximate surface area is 99.5 Å². The molecule has 0 atom stereocenters. The molecule has 0 aliphatic heterocycles. The van der Waals surface area contributed by atoms with Gasteiger partial charge >= 0.3 is 0 Å². The van der Waals surface area contributed by atoms with Crippen molar-refractivity contribution in [1.82, 2.24) is 19.3 Å². The normalized spacial score (nSPS) is 11.2. The predicted molar refractivity (Wildman–Crippen MR) is 67.7 cm³/mol. The van der Waals surface area contributed by atoms with Crippen molar-refractivity contribution in [2.24, 2.45) is 14.1 Å². The van der Waals surface area contributed by atoms with E-state index in [1.165, 1.54) is 0 Å². The molecule has 0 amide bonds. The van der Waals surface area contributed by atoms with Gasteiger partial charge in [-0.1, -0.05) is 30.3 Å². The van der Waals surface area contributed by atoms with Crippen LogP contribution in [0.2, 0.25) is 0 Å². The van der Waals surface area contributed by atoms with Crippen LogP contribution in [-0.2, 0) is 14.1 Å². The molecule has 1 aromatic carbocycles. The van der Waals surface area contributed by atoms with E-state index in [1.807, 2.05) is 43.9 Å². The average Bonchev–Trinajstić information content (AvgIpc) is 2.81. The summed E-state index contributed by atoms with van der Waals surface area (Å²) < 4.78 is 3.93. The van der Waals surface area contributed by atoms with Crippen molar-refractivity contribution in [3.8, 4) is 11.4 Å². The molecule has 0 N–H and O–H groups in total. The van der Waals surface area contributed by atoms with Gasteiger partial charge in [-0.25, -0.2) is 9.67 Å². The SMILES string of the molecule is Cc1nn(C)c2nc(-c3ccccc3)n(C)c12. The van der Waals surface area contributed by atoms with Gasteiger partial charge in [-0.05, 0) is 6.92 Å². The summed E-state index contributed by atoms with van der Waals surface area (Å²) in [4.78, 5) is 4.67. The summed E-state index contributed by atoms with van der Waals surface area (Å²) in [6, 6.07) is 10.2. The van der Waals surface area contributed by atoms with Crippen LogP contribution in [0.25, 0.3) is 22.6 Å². The van der Waals surface area contributed by atoms with Crippen LogP contribution in [0.15, 0.2) is 30.3 Å². The minimum atomic E-state index is 0.934. The molecule has 0 saturated carbocycles. The molecule has 3 rings (SSSR count). The molecule has 0 fully saturated rings. The third-order valence-electron chi connectivity index (χ3n) is 3.06. The Balaban J connectivity index is 2.33. The van der Waals surface area contributed by atoms with Crippen molar-refractivity contribution < 1.29 is 0 Å². The van der Waals surface area contributed by atoms with E-state index in [-0.39, 0.29) is 0 Å². The van der Waals surface area contributed by atoms with E-state index < -0.39 is 0 Å². The first-order valence-corrected chi connectivity index (χ1v) is 5.60. The zero-order valence-electron chi connectivity index (χ0n) is 10.2. The van der Waals surface area contributed by atoms with E-state index in [4.69, 9.17) is 0 Å². The van der Waals surface area contributed by atoms with E-state index in [9.17, 15) is 0 Å². The lowest BCUT2D eigenvalue weighted by Gasteiger charge is -2.01. The smallest absolute Gasteiger partial charge is 0.176 e. The number of nitrogens with zero attached hydrogens (tertiary/aromatic N) is 4. The molecule has 4 heteroatoms. The number of hydrogen-bond acceptors (Lipinski definition) is 2. The molecule has 2 aromatic heterocycles. The first-order chi connectivity index (χ1) is 8.18. The minimum absolute atomic E-state index is 0.934. The highest BCUT2D eigenvalue weighted by atomic mass is 15.3. The molecule has 4 nitrogen and oxygen atoms in total. The molecular weight excluding hydrogens is 212 g/mol. The van der Waals surface area contributed by atoms with Crippen LogP contribution >= 0.6 is 0 Å². The van der Waals surface area contributed by atoms with E-state index in [2.05, 4.69) is 26.8 Å². The molecule has 17 heavy (non-hydrogen) atoms. The van der Waals surface area contributed by atoms with Crippen LogP contribution in [-0.4, -0.2) is 19.3 Å². The second-order valence-corrected chi connectivity index (χ2v) is 4.24. The molecule has 0 spiro atoms. The van der Waals surface area contributed by atoms with E-state index >= 15 is 0 Å². The van der Waals surface area contributed by atoms with Crippen molar-refractivity contribution in [3.05, 3.63) is 36.0 Å². The summed E-state index contributed by atoms with van der Waals surface area (Å²) in [5.74, 6) is 0.983. The summed E-state index contributed by atoms with van der Waals surface area (Å²) in [5.41, 5.74) is 4.18. The molecule has 3 aromatic rings. The van der Waals surface area contributed by atoms with Crippen molar-refractivity contribution in [2.75, 3.05) is 0 Å². The molecule has 2 heterocycles. The Morgan fingerprint density at radius 2 is 1.76 bits per heavy atom. The van der Waals surface area contributed by atoms with Crippen LogP contribution in [0.5, 0.6) is 0 Å². The molecule has 0 aliphatic carbocycles. The van der Waals surface area contributed by atoms with E-state index in [0.717, 1.165) is 28.2 Å². The molecule has 86 valence electrons. The van der Waals surface area contributed by atoms with Crippen molar-refractivity contribution in [3.63, 3.8) is 0 Å². The van der Waals surface area contributed by atoms with Gasteiger partial charge in [0.2, 0.25) is 0 Å². The zero-order chi connectivity index (χ0) is 12.0. The Kier molecular flexibility index (Phi) is 2.04. The average molecular weight is 226 g/mol. The summed E-state index contributed by atoms with van der Waals surface area (Å²) in [7, 11) is 3.96. The van der Waals surface area contributed by atoms with Gasteiger partial charge in [0.1, 0.15) is 11.3 Å². The Morgan fingerprint density at radius 1 is 1.06 bits per heavy atom. The maximum Gasteiger partial charge on any atom is 0.176 e. The van der Waals surface area contributed by atoms with Gasteiger partial charge in [0.05, 0.1) is 5.69 Å². The number of rotatable bonds is 1. The third-order valence-corrected chi connectivity index (χ3v) is 3.06. The van der Waals surface area contributed by atoms with Gasteiger partial charge in [-0.3, -0.25) is 0 Å². The monoisotopic (exact) mass is 226 g/mol. The van der Waals surface area contributed by atoms with Crippen molar-refractivity contribution in [2.45, 2.75) is 6.92 Å². The molecule has 0 unspecified atom stereocenters. The first-order valence-electron chi connectivity index (χ1n) is 5.60. The van der Waals surface area contributed by atoms with Gasteiger partial charge in [-0.15, -0.1) is 0 Å². The highest BCUT2D eigenvalue weighted by Gasteiger charge is 2.15. The predicted octanol–water partition coefficient (Wildman–Crippen LogP) is 2.28. The van der Waals surface area contributed by atoms with E-state index in [1.54, 1.807) is 0 Å². The van der Waals surface area contributed by atoms with Crippen LogP contribution in [0.3, 0.4) is 0 Å². The molecular formula is C13H14N4. The lowest BCUT2D eigenvalue weighted by atomic mass is 10.2. The lowest BCUT2D eigenvalue weighted by molar-refractivity contribution is 0.771. The van der Waals surface area contributed by atoms with Crippen molar-refractivity contribution >= 4 is 11.2 Å². The van der Waals surface area contributed by atoms with Gasteiger partial charge in [-0.2, -0.15) is 5.10 Å². The molecule has 0 saturated heterocycles. The highest BCUT2D eigenvalue weighted by molar-refractivity contribution is 5.79.